The molecule has 8 heteroatoms. The molecule has 2 aliphatic heterocycles. The number of Topliss-reactive ketones (excluding diaryl/α,β-unsaturated/α-hetero) is 1. The van der Waals surface area contributed by atoms with Gasteiger partial charge < -0.3 is 20.1 Å². The number of hydrogen-bond donors (Lipinski definition) is 1. The molecular formula is C28H27FN2O5. The monoisotopic (exact) mass is 490 g/mol. The van der Waals surface area contributed by atoms with Crippen molar-refractivity contribution in [1.82, 2.24) is 0 Å². The van der Waals surface area contributed by atoms with Crippen molar-refractivity contribution in [2.45, 2.75) is 44.4 Å². The first-order valence-corrected chi connectivity index (χ1v) is 12.1. The van der Waals surface area contributed by atoms with E-state index in [0.717, 1.165) is 5.56 Å². The number of allylic oxidation sites excluding steroid dienone is 1. The molecule has 2 heterocycles. The summed E-state index contributed by atoms with van der Waals surface area (Å²) in [5.41, 5.74) is 6.49. The van der Waals surface area contributed by atoms with Gasteiger partial charge in [0.2, 0.25) is 11.8 Å². The second-order valence-electron chi connectivity index (χ2n) is 9.16. The zero-order chi connectivity index (χ0) is 25.6. The number of rotatable bonds is 5. The molecule has 36 heavy (non-hydrogen) atoms. The van der Waals surface area contributed by atoms with Gasteiger partial charge in [0.05, 0.1) is 12.2 Å². The maximum Gasteiger partial charge on any atom is 0.341 e. The van der Waals surface area contributed by atoms with Gasteiger partial charge in [-0.3, -0.25) is 9.59 Å². The average Bonchev–Trinajstić information content (AvgIpc) is 3.08. The van der Waals surface area contributed by atoms with Gasteiger partial charge in [-0.2, -0.15) is 0 Å². The first-order valence-electron chi connectivity index (χ1n) is 12.1. The lowest BCUT2D eigenvalue weighted by Crippen LogP contribution is -2.51. The Labute approximate surface area is 208 Å². The lowest BCUT2D eigenvalue weighted by Gasteiger charge is -2.40. The number of fused-ring (bicyclic) bond motifs is 3. The zero-order valence-corrected chi connectivity index (χ0v) is 20.2. The summed E-state index contributed by atoms with van der Waals surface area (Å²) >= 11 is 0. The molecule has 0 radical (unpaired) electrons. The van der Waals surface area contributed by atoms with Crippen LogP contribution in [0.2, 0.25) is 0 Å². The molecule has 2 aromatic rings. The Morgan fingerprint density at radius 2 is 1.86 bits per heavy atom. The summed E-state index contributed by atoms with van der Waals surface area (Å²) in [6.45, 7) is 4.07. The highest BCUT2D eigenvalue weighted by molar-refractivity contribution is 6.23. The van der Waals surface area contributed by atoms with Crippen LogP contribution in [0, 0.1) is 5.82 Å². The molecule has 0 bridgehead atoms. The van der Waals surface area contributed by atoms with E-state index >= 15 is 0 Å². The molecule has 186 valence electrons. The lowest BCUT2D eigenvalue weighted by molar-refractivity contribution is -0.141. The quantitative estimate of drug-likeness (QED) is 0.637. The Morgan fingerprint density at radius 1 is 1.14 bits per heavy atom. The second kappa shape index (κ2) is 8.93. The molecule has 3 aliphatic rings. The van der Waals surface area contributed by atoms with Crippen molar-refractivity contribution < 1.29 is 28.2 Å². The minimum absolute atomic E-state index is 0.0622. The first kappa shape index (κ1) is 23.8. The smallest absolute Gasteiger partial charge is 0.341 e. The first-order chi connectivity index (χ1) is 17.3. The Kier molecular flexibility index (Phi) is 5.90. The number of ketones is 1. The number of hydrogen-bond acceptors (Lipinski definition) is 6. The van der Waals surface area contributed by atoms with E-state index in [9.17, 15) is 18.8 Å². The molecule has 0 fully saturated rings. The SMILES string of the molecule is CCCN1C(=O)[C@@]2(C(C(=O)OCC)=C(N)OC3=C2C(=O)C[C@H](c2ccc(F)cc2)C3)c2ccccc21. The molecule has 1 aliphatic carbocycles. The molecular weight excluding hydrogens is 463 g/mol. The Morgan fingerprint density at radius 3 is 2.56 bits per heavy atom. The van der Waals surface area contributed by atoms with Crippen molar-refractivity contribution in [3.8, 4) is 0 Å². The number of carbonyl (C=O) groups excluding carboxylic acids is 3. The van der Waals surface area contributed by atoms with Crippen LogP contribution in [-0.2, 0) is 29.3 Å². The highest BCUT2D eigenvalue weighted by Crippen LogP contribution is 2.57. The standard InChI is InChI=1S/C28H27FN2O5/c1-3-13-31-20-8-6-5-7-19(20)28(27(31)34)23-21(32)14-17(16-9-11-18(29)12-10-16)15-22(23)36-25(30)24(28)26(33)35-4-2/h5-12,17H,3-4,13-15,30H2,1-2H3/t17-,28-/m0/s1. The summed E-state index contributed by atoms with van der Waals surface area (Å²) in [6, 6.07) is 13.1. The van der Waals surface area contributed by atoms with Gasteiger partial charge in [-0.05, 0) is 43.0 Å². The van der Waals surface area contributed by atoms with Gasteiger partial charge in [-0.25, -0.2) is 9.18 Å². The summed E-state index contributed by atoms with van der Waals surface area (Å²) in [4.78, 5) is 43.1. The fourth-order valence-corrected chi connectivity index (χ4v) is 5.69. The number of ether oxygens (including phenoxy) is 2. The summed E-state index contributed by atoms with van der Waals surface area (Å²) in [5.74, 6) is -2.18. The van der Waals surface area contributed by atoms with Gasteiger partial charge in [0, 0.05) is 30.6 Å². The number of benzene rings is 2. The van der Waals surface area contributed by atoms with E-state index < -0.39 is 17.3 Å². The molecule has 0 saturated carbocycles. The molecule has 7 nitrogen and oxygen atoms in total. The number of nitrogens with zero attached hydrogens (tertiary/aromatic N) is 1. The van der Waals surface area contributed by atoms with Gasteiger partial charge >= 0.3 is 5.97 Å². The predicted octanol–water partition coefficient (Wildman–Crippen LogP) is 3.98. The lowest BCUT2D eigenvalue weighted by atomic mass is 9.63. The second-order valence-corrected chi connectivity index (χ2v) is 9.16. The highest BCUT2D eigenvalue weighted by Gasteiger charge is 2.64. The molecule has 0 unspecified atom stereocenters. The molecule has 2 N–H and O–H groups in total. The third kappa shape index (κ3) is 3.35. The summed E-state index contributed by atoms with van der Waals surface area (Å²) < 4.78 is 24.8. The largest absolute Gasteiger partial charge is 0.462 e. The minimum Gasteiger partial charge on any atom is -0.462 e. The maximum absolute atomic E-state index is 14.3. The number of esters is 1. The number of para-hydroxylation sites is 1. The van der Waals surface area contributed by atoms with Crippen molar-refractivity contribution in [1.29, 1.82) is 0 Å². The number of amides is 1. The molecule has 1 spiro atoms. The fourth-order valence-electron chi connectivity index (χ4n) is 5.69. The average molecular weight is 491 g/mol. The maximum atomic E-state index is 14.3. The molecule has 1 amide bonds. The van der Waals surface area contributed by atoms with Crippen LogP contribution in [0.25, 0.3) is 0 Å². The van der Waals surface area contributed by atoms with Crippen LogP contribution in [0.15, 0.2) is 71.3 Å². The topological polar surface area (TPSA) is 98.9 Å². The molecule has 2 aromatic carbocycles. The summed E-state index contributed by atoms with van der Waals surface area (Å²) in [7, 11) is 0. The van der Waals surface area contributed by atoms with E-state index in [-0.39, 0.29) is 59.8 Å². The van der Waals surface area contributed by atoms with Gasteiger partial charge in [0.1, 0.15) is 22.6 Å². The van der Waals surface area contributed by atoms with Crippen LogP contribution in [0.1, 0.15) is 50.2 Å². The molecule has 0 saturated heterocycles. The number of anilines is 1. The number of nitrogens with two attached hydrogens (primary N) is 1. The zero-order valence-electron chi connectivity index (χ0n) is 20.2. The molecule has 0 aromatic heterocycles. The Balaban J connectivity index is 1.74. The van der Waals surface area contributed by atoms with Crippen LogP contribution in [-0.4, -0.2) is 30.8 Å². The van der Waals surface area contributed by atoms with Crippen molar-refractivity contribution in [2.75, 3.05) is 18.1 Å². The summed E-state index contributed by atoms with van der Waals surface area (Å²) in [5, 5.41) is 0. The van der Waals surface area contributed by atoms with Crippen molar-refractivity contribution in [3.63, 3.8) is 0 Å². The normalized spacial score (nSPS) is 23.1. The highest BCUT2D eigenvalue weighted by atomic mass is 19.1. The van der Waals surface area contributed by atoms with Crippen molar-refractivity contribution in [2.24, 2.45) is 5.73 Å². The predicted molar refractivity (Wildman–Crippen MR) is 130 cm³/mol. The number of carbonyl (C=O) groups is 3. The molecule has 2 atom stereocenters. The van der Waals surface area contributed by atoms with Crippen LogP contribution >= 0.6 is 0 Å². The van der Waals surface area contributed by atoms with Gasteiger partial charge in [0.25, 0.3) is 0 Å². The van der Waals surface area contributed by atoms with E-state index in [1.165, 1.54) is 12.1 Å². The minimum atomic E-state index is -1.75. The molecule has 5 rings (SSSR count). The van der Waals surface area contributed by atoms with Crippen LogP contribution < -0.4 is 10.6 Å². The van der Waals surface area contributed by atoms with E-state index in [0.29, 0.717) is 24.2 Å². The van der Waals surface area contributed by atoms with E-state index in [2.05, 4.69) is 0 Å². The van der Waals surface area contributed by atoms with Crippen LogP contribution in [0.3, 0.4) is 0 Å². The van der Waals surface area contributed by atoms with Crippen molar-refractivity contribution >= 4 is 23.3 Å². The van der Waals surface area contributed by atoms with Crippen LogP contribution in [0.5, 0.6) is 0 Å². The Bertz CT molecular complexity index is 1330. The third-order valence-electron chi connectivity index (χ3n) is 7.08. The van der Waals surface area contributed by atoms with Crippen molar-refractivity contribution in [3.05, 3.63) is 88.3 Å². The van der Waals surface area contributed by atoms with Gasteiger partial charge in [-0.1, -0.05) is 37.3 Å². The van der Waals surface area contributed by atoms with Gasteiger partial charge in [-0.15, -0.1) is 0 Å². The fraction of sp³-hybridized carbons (Fsp3) is 0.321. The van der Waals surface area contributed by atoms with Gasteiger partial charge in [0.15, 0.2) is 5.78 Å². The number of halogens is 1. The Hall–Kier alpha value is -3.94. The third-order valence-corrected chi connectivity index (χ3v) is 7.08. The van der Waals surface area contributed by atoms with Crippen LogP contribution in [0.4, 0.5) is 10.1 Å². The summed E-state index contributed by atoms with van der Waals surface area (Å²) in [6.07, 6.45) is 1.02. The van der Waals surface area contributed by atoms with E-state index in [4.69, 9.17) is 15.2 Å². The van der Waals surface area contributed by atoms with E-state index in [1.807, 2.05) is 13.0 Å². The van der Waals surface area contributed by atoms with E-state index in [1.54, 1.807) is 42.2 Å².